The second-order valence-electron chi connectivity index (χ2n) is 38.1. The van der Waals surface area contributed by atoms with Crippen molar-refractivity contribution >= 4 is 11.9 Å². The number of rotatable bonds is 23. The third kappa shape index (κ3) is 16.8. The summed E-state index contributed by atoms with van der Waals surface area (Å²) in [4.78, 5) is 29.7. The van der Waals surface area contributed by atoms with Gasteiger partial charge < -0.3 is 178 Å². The number of hydrogen-bond donors (Lipinski definition) is 19. The molecule has 0 aromatic heterocycles. The minimum Gasteiger partial charge on any atom is -0.490 e. The van der Waals surface area contributed by atoms with Gasteiger partial charge >= 0.3 is 11.9 Å². The normalized spacial score (nSPS) is 52.6. The van der Waals surface area contributed by atoms with E-state index in [9.17, 15) is 102 Å². The van der Waals surface area contributed by atoms with Crippen LogP contribution in [0.2, 0.25) is 0 Å². The molecule has 8 aliphatic heterocycles. The summed E-state index contributed by atoms with van der Waals surface area (Å²) in [6.07, 6.45) is -54.0. The predicted molar refractivity (Wildman–Crippen MR) is 399 cm³/mol. The van der Waals surface area contributed by atoms with E-state index in [0.717, 1.165) is 5.57 Å². The number of esters is 1. The van der Waals surface area contributed by atoms with Crippen molar-refractivity contribution in [2.45, 2.75) is 381 Å². The lowest BCUT2D eigenvalue weighted by atomic mass is 9.33. The first-order valence-electron chi connectivity index (χ1n) is 42.1. The van der Waals surface area contributed by atoms with Gasteiger partial charge in [-0.05, 0) is 130 Å². The number of hydrogen-bond acceptors (Lipinski definition) is 37. The van der Waals surface area contributed by atoms with E-state index in [0.29, 0.717) is 51.4 Å². The topological polar surface area (TPSA) is 575 Å². The number of carboxylic acid groups (broad SMARTS) is 1. The first kappa shape index (κ1) is 93.5. The molecule has 119 heavy (non-hydrogen) atoms. The van der Waals surface area contributed by atoms with Gasteiger partial charge in [-0.2, -0.15) is 0 Å². The second-order valence-corrected chi connectivity index (χ2v) is 38.1. The zero-order valence-corrected chi connectivity index (χ0v) is 69.4. The van der Waals surface area contributed by atoms with Crippen molar-refractivity contribution in [1.82, 2.24) is 0 Å². The molecule has 682 valence electrons. The average Bonchev–Trinajstić information content (AvgIpc) is 0.738. The Bertz CT molecular complexity index is 3520. The quantitative estimate of drug-likeness (QED) is 0.0209. The van der Waals surface area contributed by atoms with Crippen LogP contribution in [0, 0.1) is 56.2 Å². The Morgan fingerprint density at radius 2 is 1.13 bits per heavy atom. The van der Waals surface area contributed by atoms with Crippen LogP contribution in [-0.4, -0.2) is 369 Å². The highest BCUT2D eigenvalue weighted by Crippen LogP contribution is 2.76. The van der Waals surface area contributed by atoms with Gasteiger partial charge in [0.1, 0.15) is 127 Å². The zero-order chi connectivity index (χ0) is 86.9. The van der Waals surface area contributed by atoms with E-state index in [4.69, 9.17) is 80.5 Å². The molecule has 0 aromatic carbocycles. The maximum atomic E-state index is 16.5. The van der Waals surface area contributed by atoms with Gasteiger partial charge in [0.15, 0.2) is 62.3 Å². The molecule has 45 atom stereocenters. The lowest BCUT2D eigenvalue weighted by Crippen LogP contribution is -2.69. The molecule has 38 nitrogen and oxygen atoms in total. The van der Waals surface area contributed by atoms with Crippen LogP contribution in [0.4, 0.5) is 0 Å². The molecule has 0 amide bonds. The Kier molecular flexibility index (Phi) is 27.9. The van der Waals surface area contributed by atoms with Gasteiger partial charge in [0.25, 0.3) is 0 Å². The molecule has 13 rings (SSSR count). The third-order valence-electron chi connectivity index (χ3n) is 30.0. The summed E-state index contributed by atoms with van der Waals surface area (Å²) in [6, 6.07) is 0. The molecule has 8 heterocycles. The number of aliphatic hydroxyl groups is 18. The molecular weight excluding hydrogens is 1580 g/mol. The molecule has 13 aliphatic rings. The first-order valence-corrected chi connectivity index (χ1v) is 42.1. The predicted octanol–water partition coefficient (Wildman–Crippen LogP) is -3.06. The number of aliphatic hydroxyl groups excluding tert-OH is 17. The third-order valence-corrected chi connectivity index (χ3v) is 30.0. The number of carbonyl (C=O) groups is 2. The highest BCUT2D eigenvalue weighted by Gasteiger charge is 2.73. The Morgan fingerprint density at radius 3 is 1.77 bits per heavy atom. The molecule has 0 aromatic rings. The van der Waals surface area contributed by atoms with E-state index < -0.39 is 310 Å². The summed E-state index contributed by atoms with van der Waals surface area (Å²) >= 11 is 0. The fraction of sp³-hybridized carbons (Fsp3) is 0.926. The van der Waals surface area contributed by atoms with Crippen molar-refractivity contribution in [1.29, 1.82) is 0 Å². The van der Waals surface area contributed by atoms with E-state index in [1.807, 2.05) is 27.7 Å². The molecular formula is C81H130O38. The minimum atomic E-state index is -2.13. The number of carboxylic acids is 1. The maximum absolute atomic E-state index is 16.5. The highest BCUT2D eigenvalue weighted by molar-refractivity contribution is 5.80. The van der Waals surface area contributed by atoms with Crippen LogP contribution >= 0.6 is 0 Å². The van der Waals surface area contributed by atoms with Crippen molar-refractivity contribution < 1.29 is 187 Å². The lowest BCUT2D eigenvalue weighted by Gasteiger charge is -2.72. The summed E-state index contributed by atoms with van der Waals surface area (Å²) in [5.41, 5.74) is -5.97. The largest absolute Gasteiger partial charge is 0.490 e. The number of carbonyl (C=O) groups excluding carboxylic acids is 1. The Hall–Kier alpha value is -3.10. The van der Waals surface area contributed by atoms with Crippen LogP contribution in [0.25, 0.3) is 0 Å². The van der Waals surface area contributed by atoms with Crippen LogP contribution in [0.1, 0.15) is 154 Å². The van der Waals surface area contributed by atoms with Gasteiger partial charge in [-0.15, -0.1) is 0 Å². The van der Waals surface area contributed by atoms with Gasteiger partial charge in [-0.1, -0.05) is 80.5 Å². The summed E-state index contributed by atoms with van der Waals surface area (Å²) < 4.78 is 106. The molecule has 19 N–H and O–H groups in total. The smallest absolute Gasteiger partial charge is 0.335 e. The Balaban J connectivity index is 0.791. The van der Waals surface area contributed by atoms with Gasteiger partial charge in [-0.3, -0.25) is 4.79 Å². The van der Waals surface area contributed by atoms with Gasteiger partial charge in [0.05, 0.1) is 75.4 Å². The Morgan fingerprint density at radius 1 is 0.538 bits per heavy atom. The van der Waals surface area contributed by atoms with Crippen molar-refractivity contribution in [3.8, 4) is 0 Å². The summed E-state index contributed by atoms with van der Waals surface area (Å²) in [5, 5.41) is 212. The Labute approximate surface area is 690 Å². The van der Waals surface area contributed by atoms with Crippen LogP contribution in [-0.2, 0) is 90.1 Å². The van der Waals surface area contributed by atoms with Crippen molar-refractivity contribution in [2.24, 2.45) is 56.2 Å². The van der Waals surface area contributed by atoms with Crippen LogP contribution < -0.4 is 0 Å². The molecule has 5 aliphatic carbocycles. The van der Waals surface area contributed by atoms with Gasteiger partial charge in [0.2, 0.25) is 6.29 Å². The molecule has 0 bridgehead atoms. The summed E-state index contributed by atoms with van der Waals surface area (Å²) in [5.74, 6) is -3.50. The summed E-state index contributed by atoms with van der Waals surface area (Å²) in [6.45, 7) is 24.2. The first-order chi connectivity index (χ1) is 55.8. The van der Waals surface area contributed by atoms with Crippen LogP contribution in [0.3, 0.4) is 0 Å². The number of fused-ring (bicyclic) bond motifs is 7. The lowest BCUT2D eigenvalue weighted by molar-refractivity contribution is -0.392. The zero-order valence-electron chi connectivity index (χ0n) is 69.4. The maximum Gasteiger partial charge on any atom is 0.335 e. The van der Waals surface area contributed by atoms with E-state index in [1.165, 1.54) is 13.8 Å². The van der Waals surface area contributed by atoms with Crippen LogP contribution in [0.15, 0.2) is 24.0 Å². The van der Waals surface area contributed by atoms with Crippen molar-refractivity contribution in [2.75, 3.05) is 33.0 Å². The van der Waals surface area contributed by atoms with E-state index in [2.05, 4.69) is 47.3 Å². The van der Waals surface area contributed by atoms with Crippen molar-refractivity contribution in [3.63, 3.8) is 0 Å². The molecule has 4 saturated carbocycles. The van der Waals surface area contributed by atoms with E-state index in [-0.39, 0.29) is 42.8 Å². The number of aliphatic carboxylic acids is 1. The van der Waals surface area contributed by atoms with Crippen molar-refractivity contribution in [3.05, 3.63) is 24.0 Å². The molecule has 0 spiro atoms. The number of allylic oxidation sites excluding steroid dienone is 3. The molecule has 0 radical (unpaired) electrons. The molecule has 12 fully saturated rings. The average molecular weight is 1710 g/mol. The van der Waals surface area contributed by atoms with E-state index in [1.54, 1.807) is 6.92 Å². The van der Waals surface area contributed by atoms with Gasteiger partial charge in [0, 0.05) is 12.3 Å². The molecule has 8 saturated heterocycles. The molecule has 38 heteroatoms. The number of ether oxygens (including phenoxy) is 17. The summed E-state index contributed by atoms with van der Waals surface area (Å²) in [7, 11) is 0. The van der Waals surface area contributed by atoms with Gasteiger partial charge in [-0.25, -0.2) is 4.79 Å². The minimum absolute atomic E-state index is 0.0731. The molecule has 16 unspecified atom stereocenters. The monoisotopic (exact) mass is 1710 g/mol. The standard InChI is InChI=1S/C81H130O38/c1-14-31(2)32(3)106-58-35(6)109-71(64(62(58)116-68-52(93)49(90)47(88)33(4)107-68)118-69-54(95)51(92)57(34(5)108-69)113-67-56(97)59(40(86)28-104-67)114-73-65(98)80(102,29-83)30-105-73)119-74(101)81-22-21-75(7,8)24-37(81)36-15-16-43-77(11)19-18-45(76(9,10)42(77)17-20-78(43,12)79(36,13)25-44(81)87)111-72-63(117-70-53(94)50(91)48(89)41(26-82)110-70)60(55(96)61(115-72)66(99)100)112-46-23-38(84)39(85)27-103-46/h15,31,33-35,37-65,67-73,82-98,102H,3,14,16-30H2,1-2,4-13H3,(H,99,100)/t31-,33?,34?,35?,37?,38+,39+,40?,41?,42?,43?,44+,45-,46-,47+,48-,49-,50-,51+,52?,53?,54?,55+,56-,57-,58+,59-,60-,61?,62?,63?,64+,65+,67?,68-,69-,70-,71-,72+,73-,77-,78+,79+,80?,81+/m0/s1. The fourth-order valence-corrected chi connectivity index (χ4v) is 22.2. The van der Waals surface area contributed by atoms with Crippen LogP contribution in [0.5, 0.6) is 0 Å². The second kappa shape index (κ2) is 35.5. The van der Waals surface area contributed by atoms with E-state index >= 15 is 4.79 Å². The highest BCUT2D eigenvalue weighted by atomic mass is 16.8. The fourth-order valence-electron chi connectivity index (χ4n) is 22.2. The SMILES string of the molecule is C=C(O[C@@H]1C(C)O[C@@H](OC(=O)[C@]23CCC(C)(C)CC2C2=CCC4[C@@]5(C)CC[C@H](O[C@@H]6OC(C(=O)O)[C@H](O)[C@H](O[C@H]7C[C@@H](O)[C@H](O)CO7)C6O[C@@H]6OC(CO)[C@H](O)[C@H](O)C6O)C(C)(C)C5CC[C@@]4(C)[C@]2(C)C[C@H]3O)[C@H](O[C@@H]2OC(C)[C@H](OC3OCC(O)[C@H](O[C@@H]4OCC(O)(CO)[C@@H]4O)[C@@H]3O)[C@H](O)C2O)C1O[C@@H]1OC(C)[C@@H](O)[C@H](O)C1O)[C@@H](C)CC.